The fourth-order valence-corrected chi connectivity index (χ4v) is 2.55. The van der Waals surface area contributed by atoms with Crippen LogP contribution in [-0.4, -0.2) is 32.1 Å². The molecule has 0 saturated carbocycles. The topological polar surface area (TPSA) is 67.9 Å². The van der Waals surface area contributed by atoms with Crippen LogP contribution in [0.5, 0.6) is 5.75 Å². The molecule has 2 aromatic rings. The Morgan fingerprint density at radius 1 is 1.25 bits per heavy atom. The molecule has 124 valence electrons. The molecule has 6 nitrogen and oxygen atoms in total. The van der Waals surface area contributed by atoms with E-state index in [4.69, 9.17) is 9.47 Å². The highest BCUT2D eigenvalue weighted by Gasteiger charge is 2.26. The number of rotatable bonds is 5. The van der Waals surface area contributed by atoms with Gasteiger partial charge in [0.05, 0.1) is 12.2 Å². The van der Waals surface area contributed by atoms with Crippen LogP contribution in [0.25, 0.3) is 0 Å². The fraction of sp³-hybridized carbons (Fsp3) is 0.222. The lowest BCUT2D eigenvalue weighted by Crippen LogP contribution is -2.38. The van der Waals surface area contributed by atoms with E-state index in [0.29, 0.717) is 23.7 Å². The lowest BCUT2D eigenvalue weighted by atomic mass is 10.1. The Morgan fingerprint density at radius 3 is 2.79 bits per heavy atom. The summed E-state index contributed by atoms with van der Waals surface area (Å²) in [4.78, 5) is 25.5. The maximum atomic E-state index is 12.2. The number of anilines is 2. The van der Waals surface area contributed by atoms with E-state index in [1.165, 1.54) is 7.11 Å². The summed E-state index contributed by atoms with van der Waals surface area (Å²) in [6.45, 7) is 0.442. The summed E-state index contributed by atoms with van der Waals surface area (Å²) in [6, 6.07) is 15.0. The Kier molecular flexibility index (Phi) is 4.77. The van der Waals surface area contributed by atoms with Gasteiger partial charge in [-0.2, -0.15) is 0 Å². The third-order valence-electron chi connectivity index (χ3n) is 3.65. The van der Waals surface area contributed by atoms with E-state index in [-0.39, 0.29) is 25.0 Å². The third-order valence-corrected chi connectivity index (χ3v) is 3.65. The number of hydrogen-bond donors (Lipinski definition) is 1. The summed E-state index contributed by atoms with van der Waals surface area (Å²) in [5.41, 5.74) is 2.33. The Hall–Kier alpha value is -2.86. The van der Waals surface area contributed by atoms with E-state index in [9.17, 15) is 9.59 Å². The molecule has 0 atom stereocenters. The summed E-state index contributed by atoms with van der Waals surface area (Å²) < 4.78 is 10.3. The van der Waals surface area contributed by atoms with Gasteiger partial charge >= 0.3 is 0 Å². The van der Waals surface area contributed by atoms with Crippen molar-refractivity contribution in [2.45, 2.75) is 6.54 Å². The summed E-state index contributed by atoms with van der Waals surface area (Å²) in [5.74, 6) is 0.230. The largest absolute Gasteiger partial charge is 0.481 e. The molecule has 24 heavy (non-hydrogen) atoms. The molecule has 0 radical (unpaired) electrons. The van der Waals surface area contributed by atoms with Crippen molar-refractivity contribution < 1.29 is 19.1 Å². The molecule has 3 rings (SSSR count). The maximum Gasteiger partial charge on any atom is 0.265 e. The number of ether oxygens (including phenoxy) is 2. The highest BCUT2D eigenvalue weighted by Crippen LogP contribution is 2.35. The number of methoxy groups -OCH3 is 1. The lowest BCUT2D eigenvalue weighted by molar-refractivity contribution is -0.121. The number of fused-ring (bicyclic) bond motifs is 1. The highest BCUT2D eigenvalue weighted by molar-refractivity contribution is 5.99. The molecule has 6 heteroatoms. The molecule has 0 spiro atoms. The molecule has 1 heterocycles. The number of nitrogens with one attached hydrogen (secondary N) is 1. The Labute approximate surface area is 140 Å². The van der Waals surface area contributed by atoms with E-state index in [1.807, 2.05) is 30.3 Å². The summed E-state index contributed by atoms with van der Waals surface area (Å²) in [5, 5.41) is 2.72. The van der Waals surface area contributed by atoms with Crippen molar-refractivity contribution in [3.63, 3.8) is 0 Å². The SMILES string of the molecule is COCC(=O)Nc1ccc2c(c1)OCC(=O)N2Cc1ccccc1. The van der Waals surface area contributed by atoms with Crippen molar-refractivity contribution in [2.24, 2.45) is 0 Å². The minimum Gasteiger partial charge on any atom is -0.481 e. The van der Waals surface area contributed by atoms with Crippen LogP contribution in [0.3, 0.4) is 0 Å². The second-order valence-corrected chi connectivity index (χ2v) is 5.42. The smallest absolute Gasteiger partial charge is 0.265 e. The molecule has 1 aliphatic heterocycles. The Morgan fingerprint density at radius 2 is 2.04 bits per heavy atom. The van der Waals surface area contributed by atoms with Crippen LogP contribution < -0.4 is 15.0 Å². The van der Waals surface area contributed by atoms with Crippen molar-refractivity contribution in [2.75, 3.05) is 30.5 Å². The molecular weight excluding hydrogens is 308 g/mol. The van der Waals surface area contributed by atoms with Gasteiger partial charge in [-0.3, -0.25) is 9.59 Å². The first-order valence-corrected chi connectivity index (χ1v) is 7.57. The molecule has 0 unspecified atom stereocenters. The van der Waals surface area contributed by atoms with Gasteiger partial charge in [0.25, 0.3) is 5.91 Å². The Balaban J connectivity index is 1.82. The molecule has 1 aliphatic rings. The van der Waals surface area contributed by atoms with Gasteiger partial charge in [0.15, 0.2) is 6.61 Å². The minimum absolute atomic E-state index is 0.0173. The molecule has 1 N–H and O–H groups in total. The zero-order chi connectivity index (χ0) is 16.9. The molecule has 2 amide bonds. The average molecular weight is 326 g/mol. The molecule has 0 fully saturated rings. The lowest BCUT2D eigenvalue weighted by Gasteiger charge is -2.29. The fourth-order valence-electron chi connectivity index (χ4n) is 2.55. The zero-order valence-electron chi connectivity index (χ0n) is 13.3. The van der Waals surface area contributed by atoms with Crippen molar-refractivity contribution in [3.8, 4) is 5.75 Å². The van der Waals surface area contributed by atoms with Crippen LogP contribution in [-0.2, 0) is 20.9 Å². The van der Waals surface area contributed by atoms with Gasteiger partial charge in [-0.15, -0.1) is 0 Å². The first kappa shape index (κ1) is 16.0. The van der Waals surface area contributed by atoms with E-state index >= 15 is 0 Å². The number of amides is 2. The second-order valence-electron chi connectivity index (χ2n) is 5.42. The average Bonchev–Trinajstić information content (AvgIpc) is 2.58. The molecule has 0 saturated heterocycles. The van der Waals surface area contributed by atoms with Gasteiger partial charge in [0, 0.05) is 18.9 Å². The minimum atomic E-state index is -0.245. The van der Waals surface area contributed by atoms with Gasteiger partial charge in [-0.05, 0) is 17.7 Å². The maximum absolute atomic E-state index is 12.2. The third kappa shape index (κ3) is 3.55. The number of carbonyl (C=O) groups is 2. The van der Waals surface area contributed by atoms with Gasteiger partial charge in [0.2, 0.25) is 5.91 Å². The van der Waals surface area contributed by atoms with E-state index < -0.39 is 0 Å². The summed E-state index contributed by atoms with van der Waals surface area (Å²) in [6.07, 6.45) is 0. The Bertz CT molecular complexity index is 746. The van der Waals surface area contributed by atoms with Crippen LogP contribution in [0.15, 0.2) is 48.5 Å². The van der Waals surface area contributed by atoms with Crippen molar-refractivity contribution in [3.05, 3.63) is 54.1 Å². The number of carbonyl (C=O) groups excluding carboxylic acids is 2. The monoisotopic (exact) mass is 326 g/mol. The molecule has 0 aliphatic carbocycles. The second kappa shape index (κ2) is 7.14. The highest BCUT2D eigenvalue weighted by atomic mass is 16.5. The van der Waals surface area contributed by atoms with Crippen molar-refractivity contribution >= 4 is 23.2 Å². The number of hydrogen-bond acceptors (Lipinski definition) is 4. The quantitative estimate of drug-likeness (QED) is 0.914. The first-order chi connectivity index (χ1) is 11.7. The predicted molar refractivity (Wildman–Crippen MR) is 90.1 cm³/mol. The van der Waals surface area contributed by atoms with Gasteiger partial charge in [-0.1, -0.05) is 30.3 Å². The van der Waals surface area contributed by atoms with Crippen molar-refractivity contribution in [1.29, 1.82) is 0 Å². The van der Waals surface area contributed by atoms with Crippen LogP contribution in [0.1, 0.15) is 5.56 Å². The molecule has 0 bridgehead atoms. The number of benzene rings is 2. The van der Waals surface area contributed by atoms with E-state index in [2.05, 4.69) is 5.32 Å². The van der Waals surface area contributed by atoms with Crippen LogP contribution >= 0.6 is 0 Å². The van der Waals surface area contributed by atoms with Crippen LogP contribution in [0.4, 0.5) is 11.4 Å². The van der Waals surface area contributed by atoms with Gasteiger partial charge < -0.3 is 19.7 Å². The van der Waals surface area contributed by atoms with Crippen molar-refractivity contribution in [1.82, 2.24) is 0 Å². The first-order valence-electron chi connectivity index (χ1n) is 7.57. The number of nitrogens with zero attached hydrogens (tertiary/aromatic N) is 1. The summed E-state index contributed by atoms with van der Waals surface area (Å²) >= 11 is 0. The molecule has 0 aromatic heterocycles. The van der Waals surface area contributed by atoms with Crippen LogP contribution in [0, 0.1) is 0 Å². The van der Waals surface area contributed by atoms with Crippen LogP contribution in [0.2, 0.25) is 0 Å². The van der Waals surface area contributed by atoms with E-state index in [1.54, 1.807) is 23.1 Å². The normalized spacial score (nSPS) is 13.2. The standard InChI is InChI=1S/C18H18N2O4/c1-23-11-17(21)19-14-7-8-15-16(9-14)24-12-18(22)20(15)10-13-5-3-2-4-6-13/h2-9H,10-12H2,1H3,(H,19,21). The van der Waals surface area contributed by atoms with E-state index in [0.717, 1.165) is 5.56 Å². The predicted octanol–water partition coefficient (Wildman–Crippen LogP) is 2.20. The molecular formula is C18H18N2O4. The zero-order valence-corrected chi connectivity index (χ0v) is 13.3. The molecule has 2 aromatic carbocycles. The van der Waals surface area contributed by atoms with Gasteiger partial charge in [-0.25, -0.2) is 0 Å². The van der Waals surface area contributed by atoms with Gasteiger partial charge in [0.1, 0.15) is 12.4 Å². The summed E-state index contributed by atoms with van der Waals surface area (Å²) in [7, 11) is 1.46.